The van der Waals surface area contributed by atoms with Gasteiger partial charge in [0.2, 0.25) is 5.91 Å². The van der Waals surface area contributed by atoms with Crippen molar-refractivity contribution in [3.63, 3.8) is 0 Å². The summed E-state index contributed by atoms with van der Waals surface area (Å²) in [6.45, 7) is 7.74. The molecule has 4 nitrogen and oxygen atoms in total. The maximum absolute atomic E-state index is 12.4. The third kappa shape index (κ3) is 4.87. The number of aliphatic hydroxyl groups excluding tert-OH is 1. The molecule has 4 fully saturated rings. The Morgan fingerprint density at radius 2 is 1.71 bits per heavy atom. The first-order valence-electron chi connectivity index (χ1n) is 14.6. The summed E-state index contributed by atoms with van der Waals surface area (Å²) in [5.41, 5.74) is 0.452. The van der Waals surface area contributed by atoms with Gasteiger partial charge < -0.3 is 10.0 Å². The highest BCUT2D eigenvalue weighted by molar-refractivity contribution is 5.79. The van der Waals surface area contributed by atoms with Crippen molar-refractivity contribution in [3.05, 3.63) is 0 Å². The Balaban J connectivity index is 1.36. The zero-order chi connectivity index (χ0) is 24.5. The van der Waals surface area contributed by atoms with Crippen molar-refractivity contribution in [1.82, 2.24) is 4.90 Å². The van der Waals surface area contributed by atoms with Gasteiger partial charge in [0.05, 0.1) is 6.10 Å². The third-order valence-electron chi connectivity index (χ3n) is 11.5. The molecule has 1 N–H and O–H groups in total. The van der Waals surface area contributed by atoms with Crippen LogP contribution < -0.4 is 0 Å². The first kappa shape index (κ1) is 26.2. The fourth-order valence-electron chi connectivity index (χ4n) is 9.07. The van der Waals surface area contributed by atoms with Crippen LogP contribution in [0.25, 0.3) is 0 Å². The molecule has 8 atom stereocenters. The summed E-state index contributed by atoms with van der Waals surface area (Å²) in [5.74, 6) is 4.24. The molecular weight excluding hydrogens is 422 g/mol. The van der Waals surface area contributed by atoms with Crippen LogP contribution in [0.3, 0.4) is 0 Å². The number of aliphatic hydroxyl groups is 1. The molecule has 4 aliphatic rings. The fourth-order valence-corrected chi connectivity index (χ4v) is 9.07. The predicted octanol–water partition coefficient (Wildman–Crippen LogP) is 6.39. The summed E-state index contributed by atoms with van der Waals surface area (Å²) in [6, 6.07) is 0. The molecule has 0 aromatic carbocycles. The fraction of sp³-hybridized carbons (Fsp3) is 0.933. The van der Waals surface area contributed by atoms with Crippen molar-refractivity contribution < 1.29 is 14.7 Å². The van der Waals surface area contributed by atoms with Gasteiger partial charge in [-0.2, -0.15) is 0 Å². The Morgan fingerprint density at radius 3 is 2.47 bits per heavy atom. The number of rotatable bonds is 9. The molecule has 4 heteroatoms. The molecule has 1 amide bonds. The molecule has 4 aliphatic carbocycles. The second-order valence-corrected chi connectivity index (χ2v) is 13.1. The average Bonchev–Trinajstić information content (AvgIpc) is 3.12. The number of carbonyl (C=O) groups is 2. The Bertz CT molecular complexity index is 737. The zero-order valence-corrected chi connectivity index (χ0v) is 22.5. The van der Waals surface area contributed by atoms with Gasteiger partial charge in [0.15, 0.2) is 0 Å². The third-order valence-corrected chi connectivity index (χ3v) is 11.5. The monoisotopic (exact) mass is 473 g/mol. The molecule has 4 rings (SSSR count). The van der Waals surface area contributed by atoms with Crippen molar-refractivity contribution >= 4 is 11.7 Å². The number of carbonyl (C=O) groups excluding carboxylic acids is 2. The summed E-state index contributed by atoms with van der Waals surface area (Å²) in [6.07, 6.45) is 16.4. The number of hydrogen-bond acceptors (Lipinski definition) is 3. The molecule has 0 bridgehead atoms. The van der Waals surface area contributed by atoms with E-state index in [1.165, 1.54) is 51.4 Å². The van der Waals surface area contributed by atoms with Crippen LogP contribution in [-0.2, 0) is 9.59 Å². The molecular formula is C30H51NO3. The minimum Gasteiger partial charge on any atom is -0.393 e. The van der Waals surface area contributed by atoms with Gasteiger partial charge in [-0.15, -0.1) is 0 Å². The van der Waals surface area contributed by atoms with Crippen LogP contribution in [0.15, 0.2) is 0 Å². The summed E-state index contributed by atoms with van der Waals surface area (Å²) in [4.78, 5) is 26.2. The highest BCUT2D eigenvalue weighted by atomic mass is 16.3. The number of hydrogen-bond donors (Lipinski definition) is 1. The lowest BCUT2D eigenvalue weighted by molar-refractivity contribution is -0.156. The van der Waals surface area contributed by atoms with Crippen LogP contribution in [0.4, 0.5) is 0 Å². The topological polar surface area (TPSA) is 57.6 Å². The van der Waals surface area contributed by atoms with Crippen LogP contribution in [0.5, 0.6) is 0 Å². The lowest BCUT2D eigenvalue weighted by Crippen LogP contribution is -2.57. The van der Waals surface area contributed by atoms with Gasteiger partial charge in [0.25, 0.3) is 0 Å². The quantitative estimate of drug-likeness (QED) is 0.395. The van der Waals surface area contributed by atoms with Crippen molar-refractivity contribution in [3.8, 4) is 0 Å². The van der Waals surface area contributed by atoms with E-state index in [1.54, 1.807) is 0 Å². The molecule has 0 saturated heterocycles. The summed E-state index contributed by atoms with van der Waals surface area (Å²) >= 11 is 0. The normalized spacial score (nSPS) is 41.5. The van der Waals surface area contributed by atoms with Gasteiger partial charge >= 0.3 is 0 Å². The van der Waals surface area contributed by atoms with Crippen molar-refractivity contribution in [2.45, 2.75) is 123 Å². The van der Waals surface area contributed by atoms with E-state index < -0.39 is 0 Å². The summed E-state index contributed by atoms with van der Waals surface area (Å²) in [7, 11) is 1.89. The summed E-state index contributed by atoms with van der Waals surface area (Å²) < 4.78 is 0. The maximum atomic E-state index is 12.4. The van der Waals surface area contributed by atoms with Crippen LogP contribution in [0.1, 0.15) is 117 Å². The highest BCUT2D eigenvalue weighted by Gasteiger charge is 2.62. The van der Waals surface area contributed by atoms with E-state index in [4.69, 9.17) is 0 Å². The lowest BCUT2D eigenvalue weighted by Gasteiger charge is -2.62. The van der Waals surface area contributed by atoms with Crippen LogP contribution in [0.2, 0.25) is 0 Å². The largest absolute Gasteiger partial charge is 0.393 e. The number of unbranched alkanes of at least 4 members (excludes halogenated alkanes) is 4. The smallest absolute Gasteiger partial charge is 0.222 e. The van der Waals surface area contributed by atoms with Gasteiger partial charge in [0, 0.05) is 32.9 Å². The van der Waals surface area contributed by atoms with E-state index in [9.17, 15) is 14.7 Å². The number of fused-ring (bicyclic) bond motifs is 5. The molecule has 0 aromatic heterocycles. The van der Waals surface area contributed by atoms with Crippen LogP contribution >= 0.6 is 0 Å². The number of ketones is 1. The molecule has 0 aromatic rings. The van der Waals surface area contributed by atoms with E-state index >= 15 is 0 Å². The Labute approximate surface area is 208 Å². The van der Waals surface area contributed by atoms with E-state index in [2.05, 4.69) is 13.8 Å². The van der Waals surface area contributed by atoms with Crippen molar-refractivity contribution in [1.29, 1.82) is 0 Å². The van der Waals surface area contributed by atoms with Gasteiger partial charge in [-0.3, -0.25) is 9.59 Å². The summed E-state index contributed by atoms with van der Waals surface area (Å²) in [5, 5.41) is 10.9. The lowest BCUT2D eigenvalue weighted by atomic mass is 9.42. The van der Waals surface area contributed by atoms with Crippen LogP contribution in [-0.4, -0.2) is 41.4 Å². The van der Waals surface area contributed by atoms with Gasteiger partial charge in [-0.1, -0.05) is 46.0 Å². The number of nitrogens with zero attached hydrogens (tertiary/aromatic N) is 1. The Morgan fingerprint density at radius 1 is 1.00 bits per heavy atom. The highest BCUT2D eigenvalue weighted by Crippen LogP contribution is 2.67. The first-order valence-corrected chi connectivity index (χ1v) is 14.6. The molecule has 34 heavy (non-hydrogen) atoms. The van der Waals surface area contributed by atoms with E-state index in [0.717, 1.165) is 62.8 Å². The molecule has 0 radical (unpaired) electrons. The zero-order valence-electron chi connectivity index (χ0n) is 22.5. The Kier molecular flexibility index (Phi) is 8.17. The molecule has 0 heterocycles. The second kappa shape index (κ2) is 10.6. The van der Waals surface area contributed by atoms with E-state index in [0.29, 0.717) is 29.5 Å². The number of Topliss-reactive ketones (excluding diaryl/α,β-unsaturated/α-hetero) is 1. The van der Waals surface area contributed by atoms with E-state index in [-0.39, 0.29) is 17.4 Å². The first-order chi connectivity index (χ1) is 16.2. The molecule has 0 spiro atoms. The standard InChI is InChI=1S/C30H51NO3/c1-5-31(4)27(34)12-10-8-6-7-9-11-21-19-22-20-23(32)15-17-29(22,2)25-16-18-30(3)24(28(21)25)13-14-26(30)33/h21-22,24-26,28,33H,5-20H2,1-4H3/t21?,22-,24-,25-,26-,28-,29-,30-/m0/s1. The minimum atomic E-state index is -0.118. The molecule has 1 unspecified atom stereocenters. The molecule has 194 valence electrons. The van der Waals surface area contributed by atoms with Crippen molar-refractivity contribution in [2.24, 2.45) is 40.4 Å². The average molecular weight is 474 g/mol. The van der Waals surface area contributed by atoms with Gasteiger partial charge in [-0.25, -0.2) is 0 Å². The number of amides is 1. The predicted molar refractivity (Wildman–Crippen MR) is 137 cm³/mol. The minimum absolute atomic E-state index is 0.116. The molecule has 4 saturated carbocycles. The maximum Gasteiger partial charge on any atom is 0.222 e. The van der Waals surface area contributed by atoms with Gasteiger partial charge in [-0.05, 0) is 92.3 Å². The van der Waals surface area contributed by atoms with Gasteiger partial charge in [0.1, 0.15) is 5.78 Å². The Hall–Kier alpha value is -0.900. The van der Waals surface area contributed by atoms with Crippen molar-refractivity contribution in [2.75, 3.05) is 13.6 Å². The SMILES string of the molecule is CCN(C)C(=O)CCCCCCCC1C[C@H]2CC(=O)CC[C@]2(C)[C@H]2CC[C@]3(C)[C@@H](O)CC[C@H]3[C@H]12. The second-order valence-electron chi connectivity index (χ2n) is 13.1. The van der Waals surface area contributed by atoms with E-state index in [1.807, 2.05) is 18.9 Å². The molecule has 0 aliphatic heterocycles. The van der Waals surface area contributed by atoms with Crippen LogP contribution in [0, 0.1) is 40.4 Å².